The van der Waals surface area contributed by atoms with Gasteiger partial charge in [0.15, 0.2) is 11.4 Å². The van der Waals surface area contributed by atoms with E-state index >= 15 is 9.59 Å². The standard InChI is InChI=1S/C67H81N3O5/c1-36-29-42-18-19-49-43-30-44-34-69(49)57(42)52-47-21-25-65-60-58(71)53-45(46-20-24-64(59(53)70(33-43)56(44)46)27-26-63(35-64)22-5-6-23-63)13-7-11-39-15-14-38(12-8-28-68)51-55(39)67(65,75-61(51)72)50-32-40(37-9-3-2-4-10-37)16-17-41(31-48(36)52)54(47)66(50,65)62(73)74-60/h14-17,36-37,40-41,43-46,48-50,52-53,56,59,71H,2-6,8-12,18-35,68H2,1H3. The van der Waals surface area contributed by atoms with Crippen LogP contribution in [-0.4, -0.2) is 64.6 Å². The molecule has 10 aliphatic carbocycles. The molecule has 0 amide bonds. The second kappa shape index (κ2) is 15.1. The van der Waals surface area contributed by atoms with Crippen molar-refractivity contribution in [3.8, 4) is 11.8 Å². The fourth-order valence-electron chi connectivity index (χ4n) is 25.2. The number of carbonyl (C=O) groups excluding carboxylic acids is 2. The van der Waals surface area contributed by atoms with Crippen LogP contribution in [0, 0.1) is 105 Å². The maximum atomic E-state index is 17.0. The quantitative estimate of drug-likeness (QED) is 0.175. The van der Waals surface area contributed by atoms with Crippen LogP contribution in [0.25, 0.3) is 0 Å². The summed E-state index contributed by atoms with van der Waals surface area (Å²) in [6.45, 7) is 5.38. The van der Waals surface area contributed by atoms with E-state index in [1.165, 1.54) is 115 Å². The van der Waals surface area contributed by atoms with Gasteiger partial charge in [0.05, 0.1) is 11.0 Å². The summed E-state index contributed by atoms with van der Waals surface area (Å²) in [5.74, 6) is 11.6. The minimum Gasteiger partial charge on any atom is -0.508 e. The Morgan fingerprint density at radius 1 is 0.880 bits per heavy atom. The minimum atomic E-state index is -1.19. The molecule has 17 aliphatic rings. The molecule has 7 heterocycles. The number of rotatable bonds is 4. The van der Waals surface area contributed by atoms with E-state index in [4.69, 9.17) is 15.2 Å². The summed E-state index contributed by atoms with van der Waals surface area (Å²) < 4.78 is 15.2. The second-order valence-corrected chi connectivity index (χ2v) is 29.4. The molecular weight excluding hydrogens is 927 g/mol. The molecule has 18 rings (SSSR count). The van der Waals surface area contributed by atoms with Crippen molar-refractivity contribution in [2.45, 2.75) is 191 Å². The average molecular weight is 1010 g/mol. The Morgan fingerprint density at radius 3 is 2.63 bits per heavy atom. The van der Waals surface area contributed by atoms with E-state index in [1.54, 1.807) is 16.8 Å². The van der Waals surface area contributed by atoms with Crippen molar-refractivity contribution in [1.29, 1.82) is 0 Å². The zero-order valence-corrected chi connectivity index (χ0v) is 44.8. The van der Waals surface area contributed by atoms with E-state index < -0.39 is 16.4 Å². The van der Waals surface area contributed by atoms with Gasteiger partial charge in [0, 0.05) is 72.6 Å². The van der Waals surface area contributed by atoms with Gasteiger partial charge < -0.3 is 25.2 Å². The van der Waals surface area contributed by atoms with Crippen LogP contribution < -0.4 is 5.73 Å². The zero-order valence-electron chi connectivity index (χ0n) is 44.8. The third-order valence-corrected chi connectivity index (χ3v) is 27.2. The predicted molar refractivity (Wildman–Crippen MR) is 285 cm³/mol. The van der Waals surface area contributed by atoms with Crippen molar-refractivity contribution in [2.24, 2.45) is 98.4 Å². The smallest absolute Gasteiger partial charge is 0.339 e. The number of carbonyl (C=O) groups is 2. The van der Waals surface area contributed by atoms with Gasteiger partial charge in [-0.3, -0.25) is 9.69 Å². The Hall–Kier alpha value is -3.80. The summed E-state index contributed by atoms with van der Waals surface area (Å²) in [6.07, 6.45) is 33.3. The van der Waals surface area contributed by atoms with E-state index in [2.05, 4.69) is 52.8 Å². The fourth-order valence-corrected chi connectivity index (χ4v) is 25.2. The van der Waals surface area contributed by atoms with Gasteiger partial charge >= 0.3 is 11.9 Å². The average Bonchev–Trinajstić information content (AvgIpc) is 4.07. The highest BCUT2D eigenvalue weighted by molar-refractivity contribution is 6.01. The van der Waals surface area contributed by atoms with Crippen LogP contribution in [0.1, 0.15) is 182 Å². The molecule has 8 heteroatoms. The summed E-state index contributed by atoms with van der Waals surface area (Å²) in [5, 5.41) is 14.7. The summed E-state index contributed by atoms with van der Waals surface area (Å²) in [4.78, 5) is 38.9. The zero-order chi connectivity index (χ0) is 49.7. The largest absolute Gasteiger partial charge is 0.508 e. The molecule has 5 saturated carbocycles. The van der Waals surface area contributed by atoms with Crippen LogP contribution in [0.15, 0.2) is 58.2 Å². The monoisotopic (exact) mass is 1010 g/mol. The van der Waals surface area contributed by atoms with Crippen LogP contribution in [0.3, 0.4) is 0 Å². The number of hydrogen-bond acceptors (Lipinski definition) is 8. The van der Waals surface area contributed by atoms with E-state index in [0.29, 0.717) is 95.9 Å². The lowest BCUT2D eigenvalue weighted by molar-refractivity contribution is -0.283. The summed E-state index contributed by atoms with van der Waals surface area (Å²) in [5.41, 5.74) is 13.5. The molecule has 1 aromatic rings. The van der Waals surface area contributed by atoms with Gasteiger partial charge in [-0.15, -0.1) is 0 Å². The van der Waals surface area contributed by atoms with Crippen molar-refractivity contribution >= 4 is 11.9 Å². The first-order valence-electron chi connectivity index (χ1n) is 31.5. The van der Waals surface area contributed by atoms with E-state index in [1.807, 2.05) is 0 Å². The van der Waals surface area contributed by atoms with Gasteiger partial charge in [-0.2, -0.15) is 0 Å². The first-order valence-corrected chi connectivity index (χ1v) is 31.5. The Morgan fingerprint density at radius 2 is 1.76 bits per heavy atom. The third-order valence-electron chi connectivity index (χ3n) is 27.2. The predicted octanol–water partition coefficient (Wildman–Crippen LogP) is 11.8. The SMILES string of the molecule is CC1CC2=C3C4C5=C6C(C=CC(C7CCCCC7)CC7C68C(=O)OC6=C(O)C9C(C#CCc%10ccc(CCCN)c%11c%10C7(OC%11=O)C68CC5)C5CCC6(CCC7(CCCC7)C6)C9N6CC7CC(CN3C7CC2)C56)CC14. The number of fused-ring (bicyclic) bond motifs is 9. The Kier molecular flexibility index (Phi) is 9.08. The number of benzene rings is 1. The highest BCUT2D eigenvalue weighted by atomic mass is 16.6. The molecule has 5 saturated heterocycles. The number of nitrogens with two attached hydrogens (primary N) is 1. The second-order valence-electron chi connectivity index (χ2n) is 29.4. The molecule has 1 aromatic carbocycles. The van der Waals surface area contributed by atoms with Gasteiger partial charge in [-0.25, -0.2) is 4.79 Å². The number of aryl methyl sites for hydroxylation is 1. The first-order chi connectivity index (χ1) is 36.7. The molecule has 3 N–H and O–H groups in total. The van der Waals surface area contributed by atoms with Crippen LogP contribution in [0.4, 0.5) is 0 Å². The van der Waals surface area contributed by atoms with Gasteiger partial charge in [-0.05, 0) is 203 Å². The lowest BCUT2D eigenvalue weighted by atomic mass is 9.27. The van der Waals surface area contributed by atoms with Gasteiger partial charge in [0.1, 0.15) is 11.2 Å². The minimum absolute atomic E-state index is 0.0508. The van der Waals surface area contributed by atoms with Crippen molar-refractivity contribution < 1.29 is 24.2 Å². The van der Waals surface area contributed by atoms with Gasteiger partial charge in [0.25, 0.3) is 0 Å². The van der Waals surface area contributed by atoms with Crippen molar-refractivity contribution in [2.75, 3.05) is 19.6 Å². The molecule has 10 fully saturated rings. The molecule has 18 atom stereocenters. The fraction of sp³-hybridized carbons (Fsp3) is 0.731. The molecule has 8 nitrogen and oxygen atoms in total. The number of piperidine rings is 3. The van der Waals surface area contributed by atoms with Crippen molar-refractivity contribution in [1.82, 2.24) is 9.80 Å². The summed E-state index contributed by atoms with van der Waals surface area (Å²) in [7, 11) is 0. The van der Waals surface area contributed by atoms with Crippen LogP contribution in [0.5, 0.6) is 0 Å². The van der Waals surface area contributed by atoms with Crippen molar-refractivity contribution in [3.05, 3.63) is 80.5 Å². The molecule has 7 aliphatic heterocycles. The molecule has 0 aromatic heterocycles. The Labute approximate surface area is 445 Å². The van der Waals surface area contributed by atoms with Crippen LogP contribution in [-0.2, 0) is 32.7 Å². The number of hydrogen-bond donors (Lipinski definition) is 2. The number of aliphatic hydroxyl groups is 1. The third kappa shape index (κ3) is 5.13. The molecule has 5 spiro atoms. The maximum absolute atomic E-state index is 17.0. The molecule has 394 valence electrons. The van der Waals surface area contributed by atoms with E-state index in [9.17, 15) is 5.11 Å². The van der Waals surface area contributed by atoms with E-state index in [0.717, 1.165) is 61.9 Å². The normalized spacial score (nSPS) is 48.3. The number of ether oxygens (including phenoxy) is 2. The van der Waals surface area contributed by atoms with Crippen LogP contribution >= 0.6 is 0 Å². The van der Waals surface area contributed by atoms with Crippen molar-refractivity contribution in [3.63, 3.8) is 0 Å². The topological polar surface area (TPSA) is 105 Å². The number of esters is 2. The lowest BCUT2D eigenvalue weighted by Crippen LogP contribution is -2.78. The van der Waals surface area contributed by atoms with Crippen LogP contribution in [0.2, 0.25) is 0 Å². The molecular formula is C67H81N3O5. The Balaban J connectivity index is 0.979. The molecule has 0 radical (unpaired) electrons. The molecule has 4 bridgehead atoms. The van der Waals surface area contributed by atoms with E-state index in [-0.39, 0.29) is 58.9 Å². The highest BCUT2D eigenvalue weighted by Crippen LogP contribution is 2.89. The Bertz CT molecular complexity index is 2980. The number of allylic oxidation sites excluding steroid dienone is 4. The number of nitrogens with zero attached hydrogens (tertiary/aromatic N) is 2. The lowest BCUT2D eigenvalue weighted by Gasteiger charge is -2.73. The van der Waals surface area contributed by atoms with Gasteiger partial charge in [0.2, 0.25) is 0 Å². The number of aliphatic hydroxyl groups excluding tert-OH is 1. The summed E-state index contributed by atoms with van der Waals surface area (Å²) >= 11 is 0. The summed E-state index contributed by atoms with van der Waals surface area (Å²) in [6, 6.07) is 5.57. The highest BCUT2D eigenvalue weighted by Gasteiger charge is 2.94. The molecule has 75 heavy (non-hydrogen) atoms. The van der Waals surface area contributed by atoms with Gasteiger partial charge in [-0.1, -0.05) is 86.3 Å². The molecule has 18 unspecified atom stereocenters. The first kappa shape index (κ1) is 45.1. The maximum Gasteiger partial charge on any atom is 0.339 e.